The standard InChI is InChI=1S/C20H20N2OS/c1-3-22(16-9-5-4-6-10-16)20(23)14-24-19-13-15(2)17-11-7-8-12-18(17)21-19/h4-13H,3,14H2,1-2H3. The zero-order chi connectivity index (χ0) is 16.9. The summed E-state index contributed by atoms with van der Waals surface area (Å²) in [6.07, 6.45) is 0. The van der Waals surface area contributed by atoms with Crippen LogP contribution in [-0.2, 0) is 4.79 Å². The fourth-order valence-electron chi connectivity index (χ4n) is 2.72. The molecule has 2 aromatic carbocycles. The molecule has 0 fully saturated rings. The second-order valence-electron chi connectivity index (χ2n) is 5.56. The molecule has 1 heterocycles. The molecule has 122 valence electrons. The molecule has 0 aliphatic carbocycles. The number of hydrogen-bond donors (Lipinski definition) is 0. The molecule has 0 unspecified atom stereocenters. The van der Waals surface area contributed by atoms with E-state index in [1.54, 1.807) is 4.90 Å². The maximum absolute atomic E-state index is 12.6. The topological polar surface area (TPSA) is 33.2 Å². The minimum Gasteiger partial charge on any atom is -0.312 e. The summed E-state index contributed by atoms with van der Waals surface area (Å²) in [5.74, 6) is 0.481. The maximum Gasteiger partial charge on any atom is 0.237 e. The average Bonchev–Trinajstić information content (AvgIpc) is 2.61. The summed E-state index contributed by atoms with van der Waals surface area (Å²) in [7, 11) is 0. The second kappa shape index (κ2) is 7.49. The van der Waals surface area contributed by atoms with E-state index in [-0.39, 0.29) is 5.91 Å². The van der Waals surface area contributed by atoms with E-state index in [4.69, 9.17) is 0 Å². The highest BCUT2D eigenvalue weighted by molar-refractivity contribution is 7.99. The minimum atomic E-state index is 0.0984. The number of aryl methyl sites for hydroxylation is 1. The number of thioether (sulfide) groups is 1. The molecule has 3 rings (SSSR count). The number of carbonyl (C=O) groups excluding carboxylic acids is 1. The van der Waals surface area contributed by atoms with Crippen LogP contribution in [0.1, 0.15) is 12.5 Å². The van der Waals surface area contributed by atoms with Crippen molar-refractivity contribution >= 4 is 34.3 Å². The van der Waals surface area contributed by atoms with Crippen molar-refractivity contribution in [2.45, 2.75) is 18.9 Å². The summed E-state index contributed by atoms with van der Waals surface area (Å²) < 4.78 is 0. The van der Waals surface area contributed by atoms with Gasteiger partial charge in [0, 0.05) is 17.6 Å². The molecule has 3 aromatic rings. The number of aromatic nitrogens is 1. The van der Waals surface area contributed by atoms with E-state index < -0.39 is 0 Å². The Morgan fingerprint density at radius 2 is 1.79 bits per heavy atom. The van der Waals surface area contributed by atoms with Crippen molar-refractivity contribution in [1.29, 1.82) is 0 Å². The van der Waals surface area contributed by atoms with Crippen LogP contribution in [0.5, 0.6) is 0 Å². The molecule has 0 bridgehead atoms. The van der Waals surface area contributed by atoms with Gasteiger partial charge in [-0.1, -0.05) is 48.2 Å². The molecule has 0 saturated heterocycles. The summed E-state index contributed by atoms with van der Waals surface area (Å²) in [4.78, 5) is 19.0. The van der Waals surface area contributed by atoms with Gasteiger partial charge in [0.1, 0.15) is 0 Å². The highest BCUT2D eigenvalue weighted by Gasteiger charge is 2.14. The van der Waals surface area contributed by atoms with E-state index in [0.29, 0.717) is 12.3 Å². The average molecular weight is 336 g/mol. The lowest BCUT2D eigenvalue weighted by atomic mass is 10.1. The molecule has 0 spiro atoms. The van der Waals surface area contributed by atoms with Crippen molar-refractivity contribution in [2.24, 2.45) is 0 Å². The lowest BCUT2D eigenvalue weighted by Crippen LogP contribution is -2.32. The predicted octanol–water partition coefficient (Wildman–Crippen LogP) is 4.69. The highest BCUT2D eigenvalue weighted by atomic mass is 32.2. The Kier molecular flexibility index (Phi) is 5.16. The first kappa shape index (κ1) is 16.5. The van der Waals surface area contributed by atoms with Gasteiger partial charge in [-0.3, -0.25) is 4.79 Å². The Morgan fingerprint density at radius 3 is 2.54 bits per heavy atom. The third-order valence-electron chi connectivity index (χ3n) is 3.93. The fourth-order valence-corrected chi connectivity index (χ4v) is 3.57. The van der Waals surface area contributed by atoms with Crippen molar-refractivity contribution in [3.8, 4) is 0 Å². The van der Waals surface area contributed by atoms with E-state index in [0.717, 1.165) is 21.6 Å². The molecule has 0 N–H and O–H groups in total. The summed E-state index contributed by atoms with van der Waals surface area (Å²) in [6, 6.07) is 19.9. The van der Waals surface area contributed by atoms with E-state index in [1.807, 2.05) is 55.5 Å². The molecule has 1 amide bonds. The van der Waals surface area contributed by atoms with Gasteiger partial charge in [-0.05, 0) is 43.7 Å². The number of hydrogen-bond acceptors (Lipinski definition) is 3. The van der Waals surface area contributed by atoms with Gasteiger partial charge in [0.25, 0.3) is 0 Å². The quantitative estimate of drug-likeness (QED) is 0.634. The Morgan fingerprint density at radius 1 is 1.08 bits per heavy atom. The Balaban J connectivity index is 1.74. The summed E-state index contributed by atoms with van der Waals surface area (Å²) in [5.41, 5.74) is 3.10. The van der Waals surface area contributed by atoms with Gasteiger partial charge in [0.15, 0.2) is 0 Å². The molecule has 0 aliphatic heterocycles. The molecule has 24 heavy (non-hydrogen) atoms. The predicted molar refractivity (Wildman–Crippen MR) is 102 cm³/mol. The van der Waals surface area contributed by atoms with E-state index in [1.165, 1.54) is 17.3 Å². The monoisotopic (exact) mass is 336 g/mol. The van der Waals surface area contributed by atoms with Gasteiger partial charge in [0.2, 0.25) is 5.91 Å². The van der Waals surface area contributed by atoms with E-state index in [9.17, 15) is 4.79 Å². The van der Waals surface area contributed by atoms with Crippen molar-refractivity contribution in [1.82, 2.24) is 4.98 Å². The largest absolute Gasteiger partial charge is 0.312 e. The lowest BCUT2D eigenvalue weighted by molar-refractivity contribution is -0.116. The molecule has 0 saturated carbocycles. The first-order valence-corrected chi connectivity index (χ1v) is 9.02. The number of carbonyl (C=O) groups is 1. The summed E-state index contributed by atoms with van der Waals surface area (Å²) in [5, 5.41) is 2.05. The number of anilines is 1. The Labute approximate surface area is 146 Å². The van der Waals surface area contributed by atoms with Crippen LogP contribution in [0.15, 0.2) is 65.7 Å². The highest BCUT2D eigenvalue weighted by Crippen LogP contribution is 2.24. The molecule has 0 atom stereocenters. The Hall–Kier alpha value is -2.33. The number of pyridine rings is 1. The van der Waals surface area contributed by atoms with E-state index in [2.05, 4.69) is 24.0 Å². The second-order valence-corrected chi connectivity index (χ2v) is 6.55. The van der Waals surface area contributed by atoms with Crippen LogP contribution >= 0.6 is 11.8 Å². The number of para-hydroxylation sites is 2. The summed E-state index contributed by atoms with van der Waals surface area (Å²) in [6.45, 7) is 4.74. The van der Waals surface area contributed by atoms with Gasteiger partial charge >= 0.3 is 0 Å². The summed E-state index contributed by atoms with van der Waals surface area (Å²) >= 11 is 1.49. The lowest BCUT2D eigenvalue weighted by Gasteiger charge is -2.20. The first-order valence-electron chi connectivity index (χ1n) is 8.03. The van der Waals surface area contributed by atoms with Gasteiger partial charge < -0.3 is 4.90 Å². The molecular formula is C20H20N2OS. The molecular weight excluding hydrogens is 316 g/mol. The van der Waals surface area contributed by atoms with Gasteiger partial charge in [-0.25, -0.2) is 4.98 Å². The van der Waals surface area contributed by atoms with Crippen LogP contribution in [0.2, 0.25) is 0 Å². The maximum atomic E-state index is 12.6. The normalized spacial score (nSPS) is 10.8. The number of fused-ring (bicyclic) bond motifs is 1. The number of benzene rings is 2. The molecule has 3 nitrogen and oxygen atoms in total. The van der Waals surface area contributed by atoms with Gasteiger partial charge in [0.05, 0.1) is 16.3 Å². The van der Waals surface area contributed by atoms with Crippen molar-refractivity contribution in [3.05, 3.63) is 66.2 Å². The zero-order valence-corrected chi connectivity index (χ0v) is 14.7. The molecule has 1 aromatic heterocycles. The minimum absolute atomic E-state index is 0.0984. The zero-order valence-electron chi connectivity index (χ0n) is 13.9. The number of amides is 1. The number of rotatable bonds is 5. The van der Waals surface area contributed by atoms with Crippen LogP contribution in [0.25, 0.3) is 10.9 Å². The van der Waals surface area contributed by atoms with Crippen LogP contribution in [0.3, 0.4) is 0 Å². The van der Waals surface area contributed by atoms with Crippen LogP contribution in [0.4, 0.5) is 5.69 Å². The van der Waals surface area contributed by atoms with Crippen molar-refractivity contribution in [3.63, 3.8) is 0 Å². The first-order chi connectivity index (χ1) is 11.7. The van der Waals surface area contributed by atoms with Gasteiger partial charge in [-0.2, -0.15) is 0 Å². The number of nitrogens with zero attached hydrogens (tertiary/aromatic N) is 2. The fraction of sp³-hybridized carbons (Fsp3) is 0.200. The van der Waals surface area contributed by atoms with Crippen LogP contribution in [0, 0.1) is 6.92 Å². The molecule has 0 radical (unpaired) electrons. The third-order valence-corrected chi connectivity index (χ3v) is 4.82. The van der Waals surface area contributed by atoms with Crippen LogP contribution < -0.4 is 4.90 Å². The molecule has 0 aliphatic rings. The van der Waals surface area contributed by atoms with Crippen molar-refractivity contribution < 1.29 is 4.79 Å². The smallest absolute Gasteiger partial charge is 0.237 e. The molecule has 4 heteroatoms. The third kappa shape index (κ3) is 3.60. The van der Waals surface area contributed by atoms with Gasteiger partial charge in [-0.15, -0.1) is 0 Å². The van der Waals surface area contributed by atoms with Crippen LogP contribution in [-0.4, -0.2) is 23.2 Å². The SMILES string of the molecule is CCN(C(=O)CSc1cc(C)c2ccccc2n1)c1ccccc1. The van der Waals surface area contributed by atoms with E-state index >= 15 is 0 Å². The van der Waals surface area contributed by atoms with Crippen molar-refractivity contribution in [2.75, 3.05) is 17.2 Å². The Bertz CT molecular complexity index is 849.